The molecule has 0 atom stereocenters. The smallest absolute Gasteiger partial charge is 0.199 e. The number of fused-ring (bicyclic) bond motifs is 1. The van der Waals surface area contributed by atoms with E-state index in [-0.39, 0.29) is 15.9 Å². The van der Waals surface area contributed by atoms with Gasteiger partial charge in [-0.2, -0.15) is 0 Å². The number of benzene rings is 2. The molecule has 0 unspecified atom stereocenters. The van der Waals surface area contributed by atoms with Crippen LogP contribution < -0.4 is 0 Å². The van der Waals surface area contributed by atoms with E-state index < -0.39 is 0 Å². The lowest BCUT2D eigenvalue weighted by molar-refractivity contribution is 0.422. The van der Waals surface area contributed by atoms with E-state index in [1.165, 1.54) is 0 Å². The van der Waals surface area contributed by atoms with Crippen molar-refractivity contribution in [2.45, 2.75) is 58.8 Å². The molecule has 3 aromatic rings. The fourth-order valence-corrected chi connectivity index (χ4v) is 3.72. The van der Waals surface area contributed by atoms with Gasteiger partial charge in [-0.15, -0.1) is 12.6 Å². The second-order valence-electron chi connectivity index (χ2n) is 9.72. The van der Waals surface area contributed by atoms with Crippen molar-refractivity contribution in [3.8, 4) is 17.6 Å². The highest BCUT2D eigenvalue weighted by Gasteiger charge is 2.27. The maximum atomic E-state index is 10.9. The molecule has 0 aliphatic rings. The Labute approximate surface area is 194 Å². The second-order valence-corrected chi connectivity index (χ2v) is 10.6. The number of aromatic hydroxyl groups is 1. The number of halogens is 1. The van der Waals surface area contributed by atoms with Crippen LogP contribution in [0.2, 0.25) is 5.02 Å². The summed E-state index contributed by atoms with van der Waals surface area (Å²) in [4.78, 5) is 4.61. The van der Waals surface area contributed by atoms with Gasteiger partial charge in [-0.3, -0.25) is 5.41 Å². The minimum Gasteiger partial charge on any atom is -0.507 e. The lowest BCUT2D eigenvalue weighted by atomic mass is 9.78. The van der Waals surface area contributed by atoms with Crippen molar-refractivity contribution in [1.82, 2.24) is 4.98 Å². The molecule has 3 rings (SSSR count). The monoisotopic (exact) mass is 454 g/mol. The minimum atomic E-state index is -0.213. The molecular weight excluding hydrogens is 428 g/mol. The Hall–Kier alpha value is -2.42. The predicted molar refractivity (Wildman–Crippen MR) is 131 cm³/mol. The van der Waals surface area contributed by atoms with Crippen LogP contribution in [0.4, 0.5) is 0 Å². The van der Waals surface area contributed by atoms with Gasteiger partial charge in [0, 0.05) is 11.4 Å². The summed E-state index contributed by atoms with van der Waals surface area (Å²) >= 11 is 10.1. The number of rotatable bonds is 2. The van der Waals surface area contributed by atoms with Crippen molar-refractivity contribution in [1.29, 1.82) is 5.41 Å². The molecule has 4 nitrogen and oxygen atoms in total. The van der Waals surface area contributed by atoms with Gasteiger partial charge in [0.1, 0.15) is 16.3 Å². The zero-order valence-electron chi connectivity index (χ0n) is 18.6. The largest absolute Gasteiger partial charge is 0.507 e. The summed E-state index contributed by atoms with van der Waals surface area (Å²) in [5, 5.41) is 18.8. The number of phenolic OH excluding ortho intramolecular Hbond substituents is 1. The molecule has 0 saturated heterocycles. The van der Waals surface area contributed by atoms with Gasteiger partial charge in [-0.05, 0) is 45.6 Å². The molecule has 1 heterocycles. The van der Waals surface area contributed by atoms with Crippen molar-refractivity contribution in [3.63, 3.8) is 0 Å². The SMILES string of the molecule is CC(C)(C)c1cc(Cc2nc3cc(Cl)cc(C#CC(=N)S)c3o2)cc(C(C)(C)C)c1O. The summed E-state index contributed by atoms with van der Waals surface area (Å²) in [6.07, 6.45) is 0.466. The van der Waals surface area contributed by atoms with Gasteiger partial charge in [0.05, 0.1) is 5.56 Å². The Balaban J connectivity index is 2.12. The Morgan fingerprint density at radius 1 is 1.10 bits per heavy atom. The maximum absolute atomic E-state index is 10.9. The second kappa shape index (κ2) is 8.26. The molecule has 31 heavy (non-hydrogen) atoms. The molecule has 0 fully saturated rings. The van der Waals surface area contributed by atoms with Crippen LogP contribution in [0.3, 0.4) is 0 Å². The third-order valence-electron chi connectivity index (χ3n) is 4.96. The molecule has 2 aromatic carbocycles. The number of oxazole rings is 1. The van der Waals surface area contributed by atoms with E-state index in [4.69, 9.17) is 21.4 Å². The van der Waals surface area contributed by atoms with E-state index in [1.807, 2.05) is 12.1 Å². The van der Waals surface area contributed by atoms with Gasteiger partial charge in [-0.1, -0.05) is 71.2 Å². The molecule has 0 radical (unpaired) electrons. The first-order valence-electron chi connectivity index (χ1n) is 10.0. The van der Waals surface area contributed by atoms with Gasteiger partial charge in [0.25, 0.3) is 0 Å². The molecular formula is C25H27ClN2O2S. The molecule has 0 bridgehead atoms. The van der Waals surface area contributed by atoms with Gasteiger partial charge in [0.2, 0.25) is 0 Å². The highest BCUT2D eigenvalue weighted by molar-refractivity contribution is 7.97. The fraction of sp³-hybridized carbons (Fsp3) is 0.360. The average molecular weight is 455 g/mol. The normalized spacial score (nSPS) is 12.0. The predicted octanol–water partition coefficient (Wildman–Crippen LogP) is 6.63. The zero-order valence-corrected chi connectivity index (χ0v) is 20.3. The van der Waals surface area contributed by atoms with E-state index in [2.05, 4.69) is 71.0 Å². The van der Waals surface area contributed by atoms with Crippen molar-refractivity contribution >= 4 is 40.4 Å². The first-order valence-corrected chi connectivity index (χ1v) is 10.8. The first kappa shape index (κ1) is 23.2. The number of thiol groups is 1. The highest BCUT2D eigenvalue weighted by atomic mass is 35.5. The van der Waals surface area contributed by atoms with Gasteiger partial charge in [-0.25, -0.2) is 4.98 Å². The topological polar surface area (TPSA) is 70.1 Å². The molecule has 2 N–H and O–H groups in total. The summed E-state index contributed by atoms with van der Waals surface area (Å²) in [6, 6.07) is 7.47. The molecule has 0 aliphatic carbocycles. The number of aromatic nitrogens is 1. The fourth-order valence-electron chi connectivity index (χ4n) is 3.45. The number of nitrogens with zero attached hydrogens (tertiary/aromatic N) is 1. The van der Waals surface area contributed by atoms with Crippen LogP contribution in [-0.4, -0.2) is 15.1 Å². The summed E-state index contributed by atoms with van der Waals surface area (Å²) in [5.41, 5.74) is 4.09. The molecule has 6 heteroatoms. The van der Waals surface area contributed by atoms with E-state index in [0.717, 1.165) is 16.7 Å². The van der Waals surface area contributed by atoms with Crippen molar-refractivity contribution in [2.24, 2.45) is 0 Å². The van der Waals surface area contributed by atoms with Crippen molar-refractivity contribution < 1.29 is 9.52 Å². The first-order chi connectivity index (χ1) is 14.3. The lowest BCUT2D eigenvalue weighted by Crippen LogP contribution is -2.18. The van der Waals surface area contributed by atoms with Crippen molar-refractivity contribution in [2.75, 3.05) is 0 Å². The number of nitrogens with one attached hydrogen (secondary N) is 1. The summed E-state index contributed by atoms with van der Waals surface area (Å²) in [6.45, 7) is 12.5. The van der Waals surface area contributed by atoms with Crippen LogP contribution in [0.25, 0.3) is 11.1 Å². The Bertz CT molecular complexity index is 1200. The van der Waals surface area contributed by atoms with Gasteiger partial charge in [0.15, 0.2) is 11.5 Å². The average Bonchev–Trinajstić information content (AvgIpc) is 3.01. The number of hydrogen-bond acceptors (Lipinski definition) is 4. The van der Waals surface area contributed by atoms with Crippen LogP contribution in [0.5, 0.6) is 5.75 Å². The molecule has 1 aromatic heterocycles. The third-order valence-corrected chi connectivity index (χ3v) is 5.29. The number of hydrogen-bond donors (Lipinski definition) is 3. The Kier molecular flexibility index (Phi) is 6.19. The Morgan fingerprint density at radius 2 is 1.68 bits per heavy atom. The number of phenols is 1. The van der Waals surface area contributed by atoms with E-state index in [9.17, 15) is 5.11 Å². The highest BCUT2D eigenvalue weighted by Crippen LogP contribution is 2.40. The quantitative estimate of drug-likeness (QED) is 0.176. The molecule has 0 amide bonds. The summed E-state index contributed by atoms with van der Waals surface area (Å²) in [7, 11) is 0. The molecule has 0 spiro atoms. The van der Waals surface area contributed by atoms with Crippen LogP contribution in [0.15, 0.2) is 28.7 Å². The molecule has 0 saturated carbocycles. The van der Waals surface area contributed by atoms with Crippen LogP contribution >= 0.6 is 24.2 Å². The zero-order chi connectivity index (χ0) is 23.1. The Morgan fingerprint density at radius 3 is 2.19 bits per heavy atom. The summed E-state index contributed by atoms with van der Waals surface area (Å²) < 4.78 is 6.04. The van der Waals surface area contributed by atoms with Crippen LogP contribution in [0.1, 0.15) is 69.7 Å². The maximum Gasteiger partial charge on any atom is 0.199 e. The minimum absolute atomic E-state index is 0.0404. The van der Waals surface area contributed by atoms with Gasteiger partial charge >= 0.3 is 0 Å². The molecule has 162 valence electrons. The standard InChI is InChI=1S/C25H27ClN2O2S/c1-24(2,3)17-9-14(10-18(22(17)29)25(4,5)6)11-21-28-19-13-16(26)12-15(23(19)30-21)7-8-20(27)31/h9-10,12-13,29H,11H2,1-6H3,(H2,27,31). The van der Waals surface area contributed by atoms with E-state index in [1.54, 1.807) is 12.1 Å². The van der Waals surface area contributed by atoms with Crippen molar-refractivity contribution in [3.05, 3.63) is 57.4 Å². The van der Waals surface area contributed by atoms with Crippen LogP contribution in [-0.2, 0) is 17.3 Å². The molecule has 0 aliphatic heterocycles. The van der Waals surface area contributed by atoms with Crippen LogP contribution in [0, 0.1) is 17.3 Å². The van der Waals surface area contributed by atoms with E-state index >= 15 is 0 Å². The van der Waals surface area contributed by atoms with E-state index in [0.29, 0.717) is 39.7 Å². The third kappa shape index (κ3) is 5.26. The summed E-state index contributed by atoms with van der Waals surface area (Å²) in [5.74, 6) is 6.37. The van der Waals surface area contributed by atoms with Gasteiger partial charge < -0.3 is 9.52 Å². The lowest BCUT2D eigenvalue weighted by Gasteiger charge is -2.28.